The van der Waals surface area contributed by atoms with E-state index in [1.54, 1.807) is 5.57 Å². The molecule has 0 aromatic carbocycles. The van der Waals surface area contributed by atoms with Gasteiger partial charge >= 0.3 is 0 Å². The Kier molecular flexibility index (Phi) is 5.66. The first-order valence-corrected chi connectivity index (χ1v) is 12.7. The molecule has 0 spiro atoms. The molecule has 0 saturated heterocycles. The van der Waals surface area contributed by atoms with Crippen LogP contribution in [0.1, 0.15) is 92.9 Å². The topological polar surface area (TPSA) is 37.3 Å². The number of hydrogen-bond acceptors (Lipinski definition) is 2. The molecule has 30 heavy (non-hydrogen) atoms. The van der Waals surface area contributed by atoms with Crippen molar-refractivity contribution in [2.24, 2.45) is 46.3 Å². The summed E-state index contributed by atoms with van der Waals surface area (Å²) in [7, 11) is 0. The maximum atomic E-state index is 12.1. The molecule has 0 aromatic rings. The van der Waals surface area contributed by atoms with Gasteiger partial charge in [-0.1, -0.05) is 65.3 Å². The highest BCUT2D eigenvalue weighted by Gasteiger charge is 2.63. The zero-order valence-electron chi connectivity index (χ0n) is 20.2. The summed E-state index contributed by atoms with van der Waals surface area (Å²) in [6.07, 6.45) is 15.2. The predicted molar refractivity (Wildman–Crippen MR) is 124 cm³/mol. The lowest BCUT2D eigenvalue weighted by molar-refractivity contribution is -0.130. The molecule has 1 N–H and O–H groups in total. The van der Waals surface area contributed by atoms with Gasteiger partial charge in [0.05, 0.1) is 5.60 Å². The number of carbonyl (C=O) groups excluding carboxylic acids is 1. The van der Waals surface area contributed by atoms with E-state index in [1.165, 1.54) is 6.42 Å². The monoisotopic (exact) mass is 412 g/mol. The lowest BCUT2D eigenvalue weighted by atomic mass is 9.47. The van der Waals surface area contributed by atoms with Crippen molar-refractivity contribution in [2.75, 3.05) is 0 Å². The summed E-state index contributed by atoms with van der Waals surface area (Å²) in [4.78, 5) is 12.1. The first-order valence-electron chi connectivity index (χ1n) is 12.7. The molecule has 0 amide bonds. The molecule has 0 heterocycles. The van der Waals surface area contributed by atoms with Gasteiger partial charge < -0.3 is 5.11 Å². The second kappa shape index (κ2) is 7.61. The second-order valence-electron chi connectivity index (χ2n) is 12.2. The summed E-state index contributed by atoms with van der Waals surface area (Å²) < 4.78 is 0. The smallest absolute Gasteiger partial charge is 0.133 e. The van der Waals surface area contributed by atoms with Crippen LogP contribution in [0.5, 0.6) is 0 Å². The summed E-state index contributed by atoms with van der Waals surface area (Å²) in [6, 6.07) is 0. The molecule has 3 saturated carbocycles. The third-order valence-corrected chi connectivity index (χ3v) is 10.6. The van der Waals surface area contributed by atoms with Crippen molar-refractivity contribution < 1.29 is 9.90 Å². The molecule has 8 atom stereocenters. The third kappa shape index (κ3) is 3.19. The number of ketones is 1. The number of allylic oxidation sites excluding steroid dienone is 3. The lowest BCUT2D eigenvalue weighted by Crippen LogP contribution is -2.54. The molecule has 4 aliphatic carbocycles. The van der Waals surface area contributed by atoms with Crippen molar-refractivity contribution in [1.29, 1.82) is 0 Å². The summed E-state index contributed by atoms with van der Waals surface area (Å²) >= 11 is 0. The van der Waals surface area contributed by atoms with E-state index in [9.17, 15) is 9.90 Å². The molecular weight excluding hydrogens is 368 g/mol. The highest BCUT2D eigenvalue weighted by Crippen LogP contribution is 2.67. The van der Waals surface area contributed by atoms with Gasteiger partial charge in [0.25, 0.3) is 0 Å². The molecule has 1 unspecified atom stereocenters. The van der Waals surface area contributed by atoms with Crippen molar-refractivity contribution in [3.05, 3.63) is 23.8 Å². The van der Waals surface area contributed by atoms with Crippen LogP contribution in [0.25, 0.3) is 0 Å². The van der Waals surface area contributed by atoms with Crippen LogP contribution in [0.2, 0.25) is 0 Å². The Hall–Kier alpha value is -0.890. The molecule has 0 aromatic heterocycles. The maximum Gasteiger partial charge on any atom is 0.133 e. The Balaban J connectivity index is 1.60. The second-order valence-corrected chi connectivity index (χ2v) is 12.2. The largest absolute Gasteiger partial charge is 0.389 e. The molecule has 168 valence electrons. The van der Waals surface area contributed by atoms with Crippen LogP contribution in [0.3, 0.4) is 0 Å². The Morgan fingerprint density at radius 1 is 1.03 bits per heavy atom. The molecule has 2 nitrogen and oxygen atoms in total. The van der Waals surface area contributed by atoms with E-state index in [2.05, 4.69) is 59.8 Å². The van der Waals surface area contributed by atoms with E-state index in [0.717, 1.165) is 44.9 Å². The molecule has 2 heteroatoms. The average Bonchev–Trinajstić information content (AvgIpc) is 2.98. The minimum absolute atomic E-state index is 0.0339. The summed E-state index contributed by atoms with van der Waals surface area (Å²) in [5.41, 5.74) is 1.29. The van der Waals surface area contributed by atoms with Crippen LogP contribution in [0, 0.1) is 46.3 Å². The lowest BCUT2D eigenvalue weighted by Gasteiger charge is -2.58. The summed E-state index contributed by atoms with van der Waals surface area (Å²) in [5.74, 6) is 3.51. The van der Waals surface area contributed by atoms with Gasteiger partial charge in [-0.05, 0) is 73.5 Å². The van der Waals surface area contributed by atoms with E-state index >= 15 is 0 Å². The van der Waals surface area contributed by atoms with Crippen molar-refractivity contribution in [3.8, 4) is 0 Å². The normalized spacial score (nSPS) is 45.7. The van der Waals surface area contributed by atoms with Gasteiger partial charge in [0, 0.05) is 24.2 Å². The standard InChI is InChI=1S/C28H44O2/c1-18(2)19(3)7-8-20(4)28(30)16-13-25-23-10-9-21-17-22(29)11-14-26(21,5)24(23)12-15-27(25,28)6/h7-8,10,18-21,24-25,30H,9,11-17H2,1-6H3/b8-7+/t19-,20+,21?,24-,25-,26-,27-,28-/m0/s1. The van der Waals surface area contributed by atoms with Gasteiger partial charge in [-0.2, -0.15) is 0 Å². The van der Waals surface area contributed by atoms with Gasteiger partial charge in [0.1, 0.15) is 5.78 Å². The molecule has 0 aliphatic heterocycles. The fraction of sp³-hybridized carbons (Fsp3) is 0.821. The highest BCUT2D eigenvalue weighted by molar-refractivity contribution is 5.79. The fourth-order valence-electron chi connectivity index (χ4n) is 7.83. The van der Waals surface area contributed by atoms with Gasteiger partial charge in [-0.15, -0.1) is 0 Å². The van der Waals surface area contributed by atoms with Crippen LogP contribution < -0.4 is 0 Å². The Labute approximate surface area is 184 Å². The van der Waals surface area contributed by atoms with E-state index < -0.39 is 5.60 Å². The highest BCUT2D eigenvalue weighted by atomic mass is 16.3. The van der Waals surface area contributed by atoms with Gasteiger partial charge in [0.2, 0.25) is 0 Å². The first-order chi connectivity index (χ1) is 14.0. The first kappa shape index (κ1) is 22.3. The summed E-state index contributed by atoms with van der Waals surface area (Å²) in [5, 5.41) is 12.1. The minimum atomic E-state index is -0.614. The SMILES string of the molecule is CC(C)[C@@H](C)/C=C/[C@@H](C)[C@@]1(O)CC[C@H]2C3=CCC4CC(=O)CC[C@]4(C)[C@H]3CC[C@@]21C. The Morgan fingerprint density at radius 2 is 1.73 bits per heavy atom. The van der Waals surface area contributed by atoms with Crippen LogP contribution in [0.15, 0.2) is 23.8 Å². The number of fused-ring (bicyclic) bond motifs is 5. The minimum Gasteiger partial charge on any atom is -0.389 e. The van der Waals surface area contributed by atoms with Gasteiger partial charge in [0.15, 0.2) is 0 Å². The van der Waals surface area contributed by atoms with E-state index in [1.807, 2.05) is 0 Å². The van der Waals surface area contributed by atoms with Crippen LogP contribution in [-0.4, -0.2) is 16.5 Å². The van der Waals surface area contributed by atoms with Crippen molar-refractivity contribution in [1.82, 2.24) is 0 Å². The number of rotatable bonds is 4. The molecule has 0 bridgehead atoms. The zero-order chi connectivity index (χ0) is 21.9. The third-order valence-electron chi connectivity index (χ3n) is 10.6. The molecule has 4 aliphatic rings. The van der Waals surface area contributed by atoms with E-state index in [-0.39, 0.29) is 16.7 Å². The van der Waals surface area contributed by atoms with Gasteiger partial charge in [-0.25, -0.2) is 0 Å². The molecule has 3 fully saturated rings. The van der Waals surface area contributed by atoms with Crippen molar-refractivity contribution in [2.45, 2.75) is 98.5 Å². The molecular formula is C28H44O2. The molecule has 0 radical (unpaired) electrons. The number of Topliss-reactive ketones (excluding diaryl/α,β-unsaturated/α-hetero) is 1. The van der Waals surface area contributed by atoms with Crippen LogP contribution in [-0.2, 0) is 4.79 Å². The summed E-state index contributed by atoms with van der Waals surface area (Å²) in [6.45, 7) is 13.9. The fourth-order valence-corrected chi connectivity index (χ4v) is 7.83. The Morgan fingerprint density at radius 3 is 2.43 bits per heavy atom. The van der Waals surface area contributed by atoms with E-state index in [0.29, 0.717) is 35.4 Å². The zero-order valence-corrected chi connectivity index (χ0v) is 20.2. The van der Waals surface area contributed by atoms with Crippen LogP contribution in [0.4, 0.5) is 0 Å². The number of carbonyl (C=O) groups is 1. The van der Waals surface area contributed by atoms with Crippen molar-refractivity contribution >= 4 is 5.78 Å². The Bertz CT molecular complexity index is 748. The maximum absolute atomic E-state index is 12.1. The van der Waals surface area contributed by atoms with E-state index in [4.69, 9.17) is 0 Å². The number of hydrogen-bond donors (Lipinski definition) is 1. The van der Waals surface area contributed by atoms with Crippen LogP contribution >= 0.6 is 0 Å². The predicted octanol–water partition coefficient (Wildman–Crippen LogP) is 6.73. The van der Waals surface area contributed by atoms with Gasteiger partial charge in [-0.3, -0.25) is 4.79 Å². The average molecular weight is 413 g/mol. The molecule has 4 rings (SSSR count). The van der Waals surface area contributed by atoms with Crippen molar-refractivity contribution in [3.63, 3.8) is 0 Å². The quantitative estimate of drug-likeness (QED) is 0.520. The number of aliphatic hydroxyl groups is 1.